The number of esters is 1. The van der Waals surface area contributed by atoms with Crippen LogP contribution in [0.1, 0.15) is 47.6 Å². The maximum atomic E-state index is 13.8. The first-order chi connectivity index (χ1) is 15.4. The summed E-state index contributed by atoms with van der Waals surface area (Å²) in [6, 6.07) is 8.38. The number of ether oxygens (including phenoxy) is 3. The highest BCUT2D eigenvalue weighted by Gasteiger charge is 2.39. The molecular formula is C24H29NO6S. The highest BCUT2D eigenvalue weighted by atomic mass is 32.2. The molecule has 1 aliphatic heterocycles. The zero-order valence-electron chi connectivity index (χ0n) is 18.7. The van der Waals surface area contributed by atoms with Crippen molar-refractivity contribution >= 4 is 16.0 Å². The third-order valence-electron chi connectivity index (χ3n) is 6.47. The van der Waals surface area contributed by atoms with Crippen molar-refractivity contribution in [2.45, 2.75) is 49.5 Å². The van der Waals surface area contributed by atoms with E-state index in [1.54, 1.807) is 19.2 Å². The Morgan fingerprint density at radius 2 is 1.62 bits per heavy atom. The predicted molar refractivity (Wildman–Crippen MR) is 120 cm³/mol. The van der Waals surface area contributed by atoms with E-state index in [1.807, 2.05) is 18.2 Å². The highest BCUT2D eigenvalue weighted by molar-refractivity contribution is 7.89. The largest absolute Gasteiger partial charge is 0.493 e. The molecule has 0 amide bonds. The van der Waals surface area contributed by atoms with Crippen LogP contribution in [0.5, 0.6) is 11.5 Å². The van der Waals surface area contributed by atoms with Crippen LogP contribution >= 0.6 is 0 Å². The average Bonchev–Trinajstić information content (AvgIpc) is 2.82. The molecule has 32 heavy (non-hydrogen) atoms. The number of methoxy groups -OCH3 is 3. The van der Waals surface area contributed by atoms with E-state index >= 15 is 0 Å². The van der Waals surface area contributed by atoms with Crippen LogP contribution in [0.25, 0.3) is 0 Å². The van der Waals surface area contributed by atoms with Crippen LogP contribution in [-0.2, 0) is 38.8 Å². The van der Waals surface area contributed by atoms with Gasteiger partial charge in [-0.1, -0.05) is 6.07 Å². The first-order valence-electron chi connectivity index (χ1n) is 10.8. The molecule has 1 heterocycles. The second-order valence-corrected chi connectivity index (χ2v) is 10.1. The number of benzene rings is 2. The Kier molecular flexibility index (Phi) is 6.44. The standard InChI is InChI=1S/C24H29NO6S/c1-29-22-13-18-10-11-25(21(15-24(26)31-3)20(18)14-23(22)30-2)32(27,28)19-9-8-16-6-4-5-7-17(16)12-19/h8-9,12-14,21H,4-7,10-11,15H2,1-3H3. The second-order valence-electron chi connectivity index (χ2n) is 8.21. The fourth-order valence-corrected chi connectivity index (χ4v) is 6.41. The number of hydrogen-bond donors (Lipinski definition) is 0. The second kappa shape index (κ2) is 9.11. The van der Waals surface area contributed by atoms with E-state index in [2.05, 4.69) is 0 Å². The van der Waals surface area contributed by atoms with Crippen LogP contribution in [-0.4, -0.2) is 46.6 Å². The molecule has 0 aromatic heterocycles. The summed E-state index contributed by atoms with van der Waals surface area (Å²) in [7, 11) is 0.579. The summed E-state index contributed by atoms with van der Waals surface area (Å²) in [5.74, 6) is 0.603. The summed E-state index contributed by atoms with van der Waals surface area (Å²) in [4.78, 5) is 12.5. The Bertz CT molecular complexity index is 1130. The van der Waals surface area contributed by atoms with Gasteiger partial charge in [-0.15, -0.1) is 0 Å². The maximum absolute atomic E-state index is 13.8. The summed E-state index contributed by atoms with van der Waals surface area (Å²) >= 11 is 0. The number of hydrogen-bond acceptors (Lipinski definition) is 6. The number of fused-ring (bicyclic) bond motifs is 2. The van der Waals surface area contributed by atoms with Gasteiger partial charge in [0.1, 0.15) is 0 Å². The monoisotopic (exact) mass is 459 g/mol. The molecule has 0 spiro atoms. The SMILES string of the molecule is COC(=O)CC1c2cc(OC)c(OC)cc2CCN1S(=O)(=O)c1ccc2c(c1)CCCC2. The molecule has 1 atom stereocenters. The smallest absolute Gasteiger partial charge is 0.307 e. The van der Waals surface area contributed by atoms with Gasteiger partial charge in [0.25, 0.3) is 0 Å². The van der Waals surface area contributed by atoms with Crippen LogP contribution in [0.3, 0.4) is 0 Å². The highest BCUT2D eigenvalue weighted by Crippen LogP contribution is 2.42. The Hall–Kier alpha value is -2.58. The number of carbonyl (C=O) groups excluding carboxylic acids is 1. The van der Waals surface area contributed by atoms with Gasteiger partial charge in [0.2, 0.25) is 10.0 Å². The van der Waals surface area contributed by atoms with Gasteiger partial charge in [0.15, 0.2) is 11.5 Å². The number of aryl methyl sites for hydroxylation is 2. The molecule has 172 valence electrons. The van der Waals surface area contributed by atoms with Crippen molar-refractivity contribution in [2.75, 3.05) is 27.9 Å². The summed E-state index contributed by atoms with van der Waals surface area (Å²) in [5.41, 5.74) is 4.00. The van der Waals surface area contributed by atoms with Crippen molar-refractivity contribution in [3.8, 4) is 11.5 Å². The Morgan fingerprint density at radius 3 is 2.31 bits per heavy atom. The van der Waals surface area contributed by atoms with Gasteiger partial charge in [-0.25, -0.2) is 8.42 Å². The van der Waals surface area contributed by atoms with Crippen LogP contribution in [0.4, 0.5) is 0 Å². The Labute approximate surface area is 189 Å². The molecule has 4 rings (SSSR count). The molecule has 0 saturated carbocycles. The van der Waals surface area contributed by atoms with Gasteiger partial charge in [0, 0.05) is 6.54 Å². The lowest BCUT2D eigenvalue weighted by molar-refractivity contribution is -0.141. The summed E-state index contributed by atoms with van der Waals surface area (Å²) < 4.78 is 44.7. The number of nitrogens with zero attached hydrogens (tertiary/aromatic N) is 1. The fourth-order valence-electron chi connectivity index (χ4n) is 4.75. The first kappa shape index (κ1) is 22.6. The molecule has 2 aromatic rings. The van der Waals surface area contributed by atoms with E-state index in [4.69, 9.17) is 14.2 Å². The van der Waals surface area contributed by atoms with Gasteiger partial charge in [-0.2, -0.15) is 4.31 Å². The fraction of sp³-hybridized carbons (Fsp3) is 0.458. The minimum Gasteiger partial charge on any atom is -0.493 e. The van der Waals surface area contributed by atoms with E-state index in [0.29, 0.717) is 17.9 Å². The van der Waals surface area contributed by atoms with E-state index in [-0.39, 0.29) is 17.9 Å². The topological polar surface area (TPSA) is 82.1 Å². The van der Waals surface area contributed by atoms with Crippen molar-refractivity contribution in [1.29, 1.82) is 0 Å². The van der Waals surface area contributed by atoms with Gasteiger partial charge in [-0.3, -0.25) is 4.79 Å². The number of sulfonamides is 1. The maximum Gasteiger partial charge on any atom is 0.307 e. The normalized spacial score (nSPS) is 18.4. The first-order valence-corrected chi connectivity index (χ1v) is 12.3. The van der Waals surface area contributed by atoms with Crippen LogP contribution in [0, 0.1) is 0 Å². The number of rotatable bonds is 6. The number of carbonyl (C=O) groups is 1. The predicted octanol–water partition coefficient (Wildman–Crippen LogP) is 3.43. The Morgan fingerprint density at radius 1 is 0.938 bits per heavy atom. The minimum atomic E-state index is -3.82. The molecule has 2 aromatic carbocycles. The van der Waals surface area contributed by atoms with Gasteiger partial charge in [0.05, 0.1) is 38.7 Å². The van der Waals surface area contributed by atoms with Gasteiger partial charge >= 0.3 is 5.97 Å². The van der Waals surface area contributed by atoms with Crippen molar-refractivity contribution in [3.05, 3.63) is 52.6 Å². The summed E-state index contributed by atoms with van der Waals surface area (Å²) in [6.45, 7) is 0.267. The molecule has 0 fully saturated rings. The lowest BCUT2D eigenvalue weighted by Gasteiger charge is -2.36. The molecular weight excluding hydrogens is 430 g/mol. The van der Waals surface area contributed by atoms with E-state index < -0.39 is 22.0 Å². The van der Waals surface area contributed by atoms with Crippen molar-refractivity contribution < 1.29 is 27.4 Å². The lowest BCUT2D eigenvalue weighted by atomic mass is 9.91. The Balaban J connectivity index is 1.78. The van der Waals surface area contributed by atoms with Gasteiger partial charge in [-0.05, 0) is 78.6 Å². The molecule has 1 aliphatic carbocycles. The quantitative estimate of drug-likeness (QED) is 0.616. The molecule has 0 bridgehead atoms. The third kappa shape index (κ3) is 4.09. The summed E-state index contributed by atoms with van der Waals surface area (Å²) in [5, 5.41) is 0. The molecule has 1 unspecified atom stereocenters. The zero-order valence-corrected chi connectivity index (χ0v) is 19.5. The third-order valence-corrected chi connectivity index (χ3v) is 8.37. The van der Waals surface area contributed by atoms with Crippen LogP contribution in [0.15, 0.2) is 35.2 Å². The zero-order chi connectivity index (χ0) is 22.9. The van der Waals surface area contributed by atoms with E-state index in [0.717, 1.165) is 42.4 Å². The van der Waals surface area contributed by atoms with Crippen molar-refractivity contribution in [3.63, 3.8) is 0 Å². The molecule has 7 nitrogen and oxygen atoms in total. The van der Waals surface area contributed by atoms with Gasteiger partial charge < -0.3 is 14.2 Å². The average molecular weight is 460 g/mol. The minimum absolute atomic E-state index is 0.0802. The van der Waals surface area contributed by atoms with E-state index in [1.165, 1.54) is 24.1 Å². The summed E-state index contributed by atoms with van der Waals surface area (Å²) in [6.07, 6.45) is 4.51. The molecule has 0 radical (unpaired) electrons. The lowest BCUT2D eigenvalue weighted by Crippen LogP contribution is -2.41. The van der Waals surface area contributed by atoms with E-state index in [9.17, 15) is 13.2 Å². The van der Waals surface area contributed by atoms with Crippen molar-refractivity contribution in [2.24, 2.45) is 0 Å². The molecule has 8 heteroatoms. The van der Waals surface area contributed by atoms with Crippen LogP contribution in [0.2, 0.25) is 0 Å². The van der Waals surface area contributed by atoms with Crippen molar-refractivity contribution in [1.82, 2.24) is 4.31 Å². The molecule has 0 saturated heterocycles. The molecule has 0 N–H and O–H groups in total. The molecule has 2 aliphatic rings. The van der Waals surface area contributed by atoms with Crippen LogP contribution < -0.4 is 9.47 Å².